The van der Waals surface area contributed by atoms with Crippen molar-refractivity contribution in [2.24, 2.45) is 5.92 Å². The van der Waals surface area contributed by atoms with Crippen molar-refractivity contribution in [1.82, 2.24) is 30.1 Å². The average molecular weight is 465 g/mol. The zero-order valence-electron chi connectivity index (χ0n) is 20.6. The van der Waals surface area contributed by atoms with Gasteiger partial charge in [-0.05, 0) is 72.8 Å². The number of benzene rings is 1. The van der Waals surface area contributed by atoms with E-state index in [1.165, 1.54) is 0 Å². The fourth-order valence-corrected chi connectivity index (χ4v) is 4.28. The number of hydrogen-bond acceptors (Lipinski definition) is 7. The van der Waals surface area contributed by atoms with Gasteiger partial charge in [-0.3, -0.25) is 9.69 Å². The predicted molar refractivity (Wildman–Crippen MR) is 129 cm³/mol. The van der Waals surface area contributed by atoms with Crippen molar-refractivity contribution in [1.29, 1.82) is 0 Å². The predicted octanol–water partition coefficient (Wildman–Crippen LogP) is 4.27. The van der Waals surface area contributed by atoms with E-state index in [1.54, 1.807) is 13.4 Å². The Morgan fingerprint density at radius 3 is 2.62 bits per heavy atom. The van der Waals surface area contributed by atoms with Gasteiger partial charge in [-0.15, -0.1) is 5.10 Å². The summed E-state index contributed by atoms with van der Waals surface area (Å²) in [6, 6.07) is 11.3. The summed E-state index contributed by atoms with van der Waals surface area (Å²) in [5.41, 5.74) is 0.970. The molecule has 0 amide bonds. The lowest BCUT2D eigenvalue weighted by Gasteiger charge is -2.34. The van der Waals surface area contributed by atoms with Gasteiger partial charge in [0.2, 0.25) is 0 Å². The number of pyridine rings is 1. The smallest absolute Gasteiger partial charge is 0.252 e. The van der Waals surface area contributed by atoms with Crippen LogP contribution in [0.2, 0.25) is 0 Å². The van der Waals surface area contributed by atoms with Crippen molar-refractivity contribution in [3.05, 3.63) is 70.2 Å². The molecule has 180 valence electrons. The first kappa shape index (κ1) is 23.7. The number of hydrogen-bond donors (Lipinski definition) is 1. The summed E-state index contributed by atoms with van der Waals surface area (Å²) in [6.45, 7) is 11.4. The molecule has 0 spiro atoms. The number of H-pyrrole nitrogens is 1. The maximum absolute atomic E-state index is 13.1. The Morgan fingerprint density at radius 1 is 1.18 bits per heavy atom. The van der Waals surface area contributed by atoms with E-state index in [2.05, 4.69) is 60.0 Å². The molecule has 0 saturated heterocycles. The van der Waals surface area contributed by atoms with E-state index in [9.17, 15) is 4.79 Å². The van der Waals surface area contributed by atoms with Crippen LogP contribution in [-0.4, -0.2) is 37.2 Å². The van der Waals surface area contributed by atoms with Crippen molar-refractivity contribution < 1.29 is 9.15 Å². The summed E-state index contributed by atoms with van der Waals surface area (Å²) in [4.78, 5) is 18.3. The quantitative estimate of drug-likeness (QED) is 0.415. The van der Waals surface area contributed by atoms with E-state index in [-0.39, 0.29) is 23.1 Å². The van der Waals surface area contributed by atoms with E-state index in [0.717, 1.165) is 22.5 Å². The van der Waals surface area contributed by atoms with E-state index >= 15 is 0 Å². The molecule has 0 aliphatic heterocycles. The van der Waals surface area contributed by atoms with E-state index in [0.29, 0.717) is 24.4 Å². The summed E-state index contributed by atoms with van der Waals surface area (Å²) in [5.74, 6) is 2.44. The van der Waals surface area contributed by atoms with Crippen LogP contribution in [0.3, 0.4) is 0 Å². The van der Waals surface area contributed by atoms with Crippen molar-refractivity contribution in [2.45, 2.75) is 59.3 Å². The number of methoxy groups -OCH3 is 1. The molecule has 9 heteroatoms. The maximum atomic E-state index is 13.1. The van der Waals surface area contributed by atoms with Crippen LogP contribution in [0, 0.1) is 5.92 Å². The number of rotatable bonds is 8. The second-order valence-electron chi connectivity index (χ2n) is 9.87. The molecule has 0 bridgehead atoms. The molecule has 0 aliphatic carbocycles. The lowest BCUT2D eigenvalue weighted by atomic mass is 9.99. The van der Waals surface area contributed by atoms with Gasteiger partial charge in [-0.25, -0.2) is 4.68 Å². The molecular weight excluding hydrogens is 432 g/mol. The zero-order valence-corrected chi connectivity index (χ0v) is 20.6. The number of aromatic nitrogens is 5. The highest BCUT2D eigenvalue weighted by molar-refractivity contribution is 5.80. The molecular formula is C25H32N6O3. The van der Waals surface area contributed by atoms with Gasteiger partial charge in [0, 0.05) is 18.2 Å². The molecule has 4 aromatic rings. The molecule has 0 radical (unpaired) electrons. The minimum absolute atomic E-state index is 0.136. The first-order chi connectivity index (χ1) is 16.2. The molecule has 3 heterocycles. The molecule has 0 fully saturated rings. The molecule has 1 aromatic carbocycles. The van der Waals surface area contributed by atoms with Crippen LogP contribution in [-0.2, 0) is 18.6 Å². The number of furan rings is 1. The summed E-state index contributed by atoms with van der Waals surface area (Å²) in [5, 5.41) is 13.6. The minimum atomic E-state index is -0.290. The normalized spacial score (nSPS) is 13.2. The van der Waals surface area contributed by atoms with Crippen molar-refractivity contribution >= 4 is 10.9 Å². The Labute approximate surface area is 198 Å². The fourth-order valence-electron chi connectivity index (χ4n) is 4.28. The number of nitrogens with one attached hydrogen (secondary N) is 1. The molecule has 4 rings (SSSR count). The highest BCUT2D eigenvalue weighted by atomic mass is 16.5. The van der Waals surface area contributed by atoms with Crippen LogP contribution < -0.4 is 10.3 Å². The van der Waals surface area contributed by atoms with Crippen LogP contribution in [0.4, 0.5) is 0 Å². The fraction of sp³-hybridized carbons (Fsp3) is 0.440. The lowest BCUT2D eigenvalue weighted by Crippen LogP contribution is -2.37. The molecule has 9 nitrogen and oxygen atoms in total. The van der Waals surface area contributed by atoms with Gasteiger partial charge in [0.15, 0.2) is 5.82 Å². The third-order valence-corrected chi connectivity index (χ3v) is 5.86. The van der Waals surface area contributed by atoms with Crippen molar-refractivity contribution in [3.63, 3.8) is 0 Å². The average Bonchev–Trinajstić information content (AvgIpc) is 3.46. The van der Waals surface area contributed by atoms with Crippen molar-refractivity contribution in [3.8, 4) is 5.75 Å². The first-order valence-corrected chi connectivity index (χ1v) is 11.4. The van der Waals surface area contributed by atoms with Crippen LogP contribution in [0.15, 0.2) is 51.9 Å². The first-order valence-electron chi connectivity index (χ1n) is 11.4. The number of fused-ring (bicyclic) bond motifs is 1. The van der Waals surface area contributed by atoms with Gasteiger partial charge in [-0.1, -0.05) is 13.8 Å². The highest BCUT2D eigenvalue weighted by Crippen LogP contribution is 2.32. The van der Waals surface area contributed by atoms with Gasteiger partial charge in [0.05, 0.1) is 37.0 Å². The molecule has 0 aliphatic rings. The Morgan fingerprint density at radius 2 is 1.97 bits per heavy atom. The SMILES string of the molecule is COc1ccc2cc(CN(Cc3ccco3)C(c3nnnn3C(C)(C)C)C(C)C)c(=O)[nH]c2c1. The number of tetrazole rings is 1. The molecule has 1 N–H and O–H groups in total. The third kappa shape index (κ3) is 4.89. The van der Waals surface area contributed by atoms with E-state index < -0.39 is 0 Å². The van der Waals surface area contributed by atoms with Crippen molar-refractivity contribution in [2.75, 3.05) is 7.11 Å². The Hall–Kier alpha value is -3.46. The topological polar surface area (TPSA) is 102 Å². The molecule has 34 heavy (non-hydrogen) atoms. The van der Waals surface area contributed by atoms with E-state index in [1.807, 2.05) is 41.1 Å². The largest absolute Gasteiger partial charge is 0.497 e. The summed E-state index contributed by atoms with van der Waals surface area (Å²) >= 11 is 0. The van der Waals surface area contributed by atoms with Crippen LogP contribution in [0.1, 0.15) is 57.8 Å². The number of ether oxygens (including phenoxy) is 1. The summed E-state index contributed by atoms with van der Waals surface area (Å²) in [6.07, 6.45) is 1.66. The molecule has 3 aromatic heterocycles. The van der Waals surface area contributed by atoms with Gasteiger partial charge < -0.3 is 14.1 Å². The maximum Gasteiger partial charge on any atom is 0.252 e. The molecule has 1 unspecified atom stereocenters. The van der Waals surface area contributed by atoms with Gasteiger partial charge >= 0.3 is 0 Å². The van der Waals surface area contributed by atoms with Gasteiger partial charge in [0.1, 0.15) is 11.5 Å². The zero-order chi connectivity index (χ0) is 24.5. The van der Waals surface area contributed by atoms with Crippen LogP contribution in [0.25, 0.3) is 10.9 Å². The number of aromatic amines is 1. The molecule has 0 saturated carbocycles. The van der Waals surface area contributed by atoms with Crippen LogP contribution in [0.5, 0.6) is 5.75 Å². The second-order valence-corrected chi connectivity index (χ2v) is 9.87. The third-order valence-electron chi connectivity index (χ3n) is 5.86. The van der Waals surface area contributed by atoms with E-state index in [4.69, 9.17) is 9.15 Å². The Kier molecular flexibility index (Phi) is 6.56. The Bertz CT molecular complexity index is 1300. The second kappa shape index (κ2) is 9.42. The molecule has 1 atom stereocenters. The summed E-state index contributed by atoms with van der Waals surface area (Å²) in [7, 11) is 1.61. The monoisotopic (exact) mass is 464 g/mol. The Balaban J connectivity index is 1.78. The highest BCUT2D eigenvalue weighted by Gasteiger charge is 2.33. The lowest BCUT2D eigenvalue weighted by molar-refractivity contribution is 0.111. The van der Waals surface area contributed by atoms with Crippen LogP contribution >= 0.6 is 0 Å². The van der Waals surface area contributed by atoms with Gasteiger partial charge in [-0.2, -0.15) is 0 Å². The number of nitrogens with zero attached hydrogens (tertiary/aromatic N) is 5. The standard InChI is InChI=1S/C25H32N6O3/c1-16(2)22(23-27-28-29-31(23)25(3,4)5)30(15-20-8-7-11-34-20)14-18-12-17-9-10-19(33-6)13-21(17)26-24(18)32/h7-13,16,22H,14-15H2,1-6H3,(H,26,32). The minimum Gasteiger partial charge on any atom is -0.497 e. The summed E-state index contributed by atoms with van der Waals surface area (Å²) < 4.78 is 12.8. The van der Waals surface area contributed by atoms with Gasteiger partial charge in [0.25, 0.3) is 5.56 Å².